The van der Waals surface area contributed by atoms with Crippen molar-refractivity contribution < 1.29 is 19.4 Å². The van der Waals surface area contributed by atoms with Crippen molar-refractivity contribution in [3.05, 3.63) is 35.4 Å². The number of likely N-dealkylation sites (N-methyl/N-ethyl adjacent to an activating group) is 1. The zero-order valence-corrected chi connectivity index (χ0v) is 15.3. The maximum absolute atomic E-state index is 11.2. The molecule has 2 heterocycles. The largest absolute Gasteiger partial charge is 0.489 e. The van der Waals surface area contributed by atoms with Crippen LogP contribution in [0.3, 0.4) is 0 Å². The summed E-state index contributed by atoms with van der Waals surface area (Å²) in [6, 6.07) is 4.57. The van der Waals surface area contributed by atoms with E-state index in [1.165, 1.54) is 11.1 Å². The first-order chi connectivity index (χ1) is 12.5. The van der Waals surface area contributed by atoms with E-state index in [0.29, 0.717) is 30.7 Å². The normalized spacial score (nSPS) is 36.4. The van der Waals surface area contributed by atoms with E-state index in [4.69, 9.17) is 9.47 Å². The number of likely N-dealkylation sites (tertiary alicyclic amines) is 1. The molecular weight excluding hydrogens is 330 g/mol. The van der Waals surface area contributed by atoms with Crippen molar-refractivity contribution in [3.63, 3.8) is 0 Å². The molecule has 1 N–H and O–H groups in total. The van der Waals surface area contributed by atoms with E-state index in [2.05, 4.69) is 24.1 Å². The molecule has 5 atom stereocenters. The Kier molecular flexibility index (Phi) is 3.50. The van der Waals surface area contributed by atoms with Crippen LogP contribution in [0.1, 0.15) is 30.9 Å². The summed E-state index contributed by atoms with van der Waals surface area (Å²) in [7, 11) is 2.20. The van der Waals surface area contributed by atoms with Gasteiger partial charge in [-0.2, -0.15) is 0 Å². The van der Waals surface area contributed by atoms with Crippen LogP contribution in [0.15, 0.2) is 24.3 Å². The average Bonchev–Trinajstić information content (AvgIpc) is 2.96. The Bertz CT molecular complexity index is 803. The molecule has 138 valence electrons. The minimum absolute atomic E-state index is 0.116. The SMILES string of the molecule is CC(=O)CCOc1ccc2c3c1O[C@H]1[C@@H](O)C=C[C@H]4[C@@H](C2)N(C)CC[C@@]341. The van der Waals surface area contributed by atoms with Crippen molar-refractivity contribution in [2.45, 2.75) is 49.9 Å². The number of hydrogen-bond acceptors (Lipinski definition) is 5. The molecule has 2 aliphatic heterocycles. The van der Waals surface area contributed by atoms with Gasteiger partial charge in [0.1, 0.15) is 18.0 Å². The van der Waals surface area contributed by atoms with Crippen LogP contribution in [-0.4, -0.2) is 54.2 Å². The van der Waals surface area contributed by atoms with Gasteiger partial charge in [0.15, 0.2) is 11.5 Å². The van der Waals surface area contributed by atoms with Gasteiger partial charge in [0.25, 0.3) is 0 Å². The standard InChI is InChI=1S/C21H25NO4/c1-12(23)7-10-25-17-6-3-13-11-15-14-4-5-16(24)20-21(14,8-9-22(15)2)18(13)19(17)26-20/h3-6,14-16,20,24H,7-11H2,1-2H3/t14-,15+,16-,20-,21-/m0/s1. The lowest BCUT2D eigenvalue weighted by atomic mass is 9.53. The number of ether oxygens (including phenoxy) is 2. The van der Waals surface area contributed by atoms with E-state index in [9.17, 15) is 9.90 Å². The highest BCUT2D eigenvalue weighted by Gasteiger charge is 2.64. The van der Waals surface area contributed by atoms with Crippen LogP contribution >= 0.6 is 0 Å². The Morgan fingerprint density at radius 1 is 1.42 bits per heavy atom. The highest BCUT2D eigenvalue weighted by Crippen LogP contribution is 2.62. The molecule has 1 aromatic carbocycles. The average molecular weight is 355 g/mol. The molecule has 1 saturated heterocycles. The van der Waals surface area contributed by atoms with Crippen LogP contribution in [0.4, 0.5) is 0 Å². The third-order valence-electron chi connectivity index (χ3n) is 6.85. The van der Waals surface area contributed by atoms with Gasteiger partial charge in [-0.3, -0.25) is 4.79 Å². The number of nitrogens with zero attached hydrogens (tertiary/aromatic N) is 1. The lowest BCUT2D eigenvalue weighted by molar-refractivity contribution is -0.117. The number of carbonyl (C=O) groups is 1. The Morgan fingerprint density at radius 3 is 3.08 bits per heavy atom. The first-order valence-electron chi connectivity index (χ1n) is 9.54. The first-order valence-corrected chi connectivity index (χ1v) is 9.54. The smallest absolute Gasteiger partial charge is 0.165 e. The maximum Gasteiger partial charge on any atom is 0.165 e. The number of aliphatic hydroxyl groups is 1. The summed E-state index contributed by atoms with van der Waals surface area (Å²) in [5.41, 5.74) is 2.41. The van der Waals surface area contributed by atoms with E-state index in [1.54, 1.807) is 6.92 Å². The van der Waals surface area contributed by atoms with Crippen LogP contribution in [0.2, 0.25) is 0 Å². The summed E-state index contributed by atoms with van der Waals surface area (Å²) in [5, 5.41) is 10.7. The molecule has 4 aliphatic rings. The number of rotatable bonds is 4. The molecule has 1 spiro atoms. The summed E-state index contributed by atoms with van der Waals surface area (Å²) in [4.78, 5) is 13.7. The quantitative estimate of drug-likeness (QED) is 0.836. The number of benzene rings is 1. The monoisotopic (exact) mass is 355 g/mol. The highest BCUT2D eigenvalue weighted by atomic mass is 16.5. The van der Waals surface area contributed by atoms with Gasteiger partial charge in [-0.1, -0.05) is 18.2 Å². The van der Waals surface area contributed by atoms with Crippen LogP contribution < -0.4 is 9.47 Å². The summed E-state index contributed by atoms with van der Waals surface area (Å²) in [5.74, 6) is 1.98. The van der Waals surface area contributed by atoms with Gasteiger partial charge in [-0.25, -0.2) is 0 Å². The lowest BCUT2D eigenvalue weighted by Gasteiger charge is -2.56. The van der Waals surface area contributed by atoms with E-state index in [0.717, 1.165) is 25.1 Å². The van der Waals surface area contributed by atoms with Crippen molar-refractivity contribution in [3.8, 4) is 11.5 Å². The predicted octanol–water partition coefficient (Wildman–Crippen LogP) is 1.85. The minimum Gasteiger partial charge on any atom is -0.489 e. The summed E-state index contributed by atoms with van der Waals surface area (Å²) in [6.07, 6.45) is 5.64. The summed E-state index contributed by atoms with van der Waals surface area (Å²) < 4.78 is 12.3. The predicted molar refractivity (Wildman–Crippen MR) is 96.7 cm³/mol. The molecule has 1 aromatic rings. The molecule has 5 rings (SSSR count). The van der Waals surface area contributed by atoms with Crippen molar-refractivity contribution in [1.82, 2.24) is 4.90 Å². The maximum atomic E-state index is 11.2. The molecule has 5 heteroatoms. The molecule has 0 unspecified atom stereocenters. The zero-order chi connectivity index (χ0) is 18.1. The molecule has 2 bridgehead atoms. The fourth-order valence-corrected chi connectivity index (χ4v) is 5.65. The van der Waals surface area contributed by atoms with Gasteiger partial charge in [-0.05, 0) is 45.0 Å². The van der Waals surface area contributed by atoms with Gasteiger partial charge in [0.2, 0.25) is 0 Å². The second kappa shape index (κ2) is 5.57. The van der Waals surface area contributed by atoms with E-state index < -0.39 is 6.10 Å². The highest BCUT2D eigenvalue weighted by molar-refractivity contribution is 5.75. The van der Waals surface area contributed by atoms with Gasteiger partial charge in [0.05, 0.1) is 6.61 Å². The Hall–Kier alpha value is -1.85. The van der Waals surface area contributed by atoms with Crippen LogP contribution in [0, 0.1) is 5.92 Å². The van der Waals surface area contributed by atoms with Gasteiger partial charge >= 0.3 is 0 Å². The zero-order valence-electron chi connectivity index (χ0n) is 15.3. The third-order valence-corrected chi connectivity index (χ3v) is 6.85. The Labute approximate surface area is 153 Å². The fraction of sp³-hybridized carbons (Fsp3) is 0.571. The Morgan fingerprint density at radius 2 is 2.27 bits per heavy atom. The van der Waals surface area contributed by atoms with E-state index in [1.807, 2.05) is 12.1 Å². The fourth-order valence-electron chi connectivity index (χ4n) is 5.65. The van der Waals surface area contributed by atoms with Gasteiger partial charge in [-0.15, -0.1) is 0 Å². The van der Waals surface area contributed by atoms with Crippen molar-refractivity contribution in [2.75, 3.05) is 20.2 Å². The van der Waals surface area contributed by atoms with Crippen LogP contribution in [-0.2, 0) is 16.6 Å². The minimum atomic E-state index is -0.598. The summed E-state index contributed by atoms with van der Waals surface area (Å²) in [6.45, 7) is 2.94. The van der Waals surface area contributed by atoms with Crippen molar-refractivity contribution in [2.24, 2.45) is 5.92 Å². The molecule has 0 saturated carbocycles. The van der Waals surface area contributed by atoms with Crippen LogP contribution in [0.25, 0.3) is 0 Å². The van der Waals surface area contributed by atoms with E-state index in [-0.39, 0.29) is 17.3 Å². The number of hydrogen-bond donors (Lipinski definition) is 1. The second-order valence-electron chi connectivity index (χ2n) is 8.21. The Balaban J connectivity index is 1.62. The van der Waals surface area contributed by atoms with Crippen LogP contribution in [0.5, 0.6) is 11.5 Å². The summed E-state index contributed by atoms with van der Waals surface area (Å²) >= 11 is 0. The van der Waals surface area contributed by atoms with Gasteiger partial charge in [0, 0.05) is 29.4 Å². The van der Waals surface area contributed by atoms with E-state index >= 15 is 0 Å². The molecule has 2 aliphatic carbocycles. The number of piperidine rings is 1. The molecule has 0 amide bonds. The molecule has 0 aromatic heterocycles. The molecule has 1 fully saturated rings. The molecule has 0 radical (unpaired) electrons. The number of ketones is 1. The lowest BCUT2D eigenvalue weighted by Crippen LogP contribution is -2.64. The first kappa shape index (κ1) is 16.3. The molecular formula is C21H25NO4. The van der Waals surface area contributed by atoms with Gasteiger partial charge < -0.3 is 19.5 Å². The van der Waals surface area contributed by atoms with Crippen molar-refractivity contribution in [1.29, 1.82) is 0 Å². The molecule has 26 heavy (non-hydrogen) atoms. The molecule has 5 nitrogen and oxygen atoms in total. The third kappa shape index (κ3) is 2.01. The number of Topliss-reactive ketones (excluding diaryl/α,β-unsaturated/α-hetero) is 1. The van der Waals surface area contributed by atoms with Crippen molar-refractivity contribution >= 4 is 5.78 Å². The second-order valence-corrected chi connectivity index (χ2v) is 8.21. The number of aliphatic hydroxyl groups excluding tert-OH is 1. The number of carbonyl (C=O) groups excluding carboxylic acids is 1. The topological polar surface area (TPSA) is 59.0 Å².